The molecular weight excluding hydrogens is 427 g/mol. The maximum absolute atomic E-state index is 13.1. The van der Waals surface area contributed by atoms with Crippen molar-refractivity contribution in [2.24, 2.45) is 0 Å². The molecule has 2 aromatic carbocycles. The first-order valence-corrected chi connectivity index (χ1v) is 9.48. The Hall–Kier alpha value is -2.84. The minimum absolute atomic E-state index is 0.157. The molecule has 0 unspecified atom stereocenters. The summed E-state index contributed by atoms with van der Waals surface area (Å²) in [5.74, 6) is 0.592. The number of imidazole rings is 1. The zero-order valence-electron chi connectivity index (χ0n) is 14.5. The van der Waals surface area contributed by atoms with Gasteiger partial charge < -0.3 is 13.8 Å². The predicted octanol–water partition coefficient (Wildman–Crippen LogP) is 4.77. The lowest BCUT2D eigenvalue weighted by molar-refractivity contribution is 0.00326. The SMILES string of the molecule is Fc1ccc([C@H]2Cn3cnc(-c4nc(-c5cccc(Br)c5)no4)c3CO2)cc1. The lowest BCUT2D eigenvalue weighted by Crippen LogP contribution is -2.20. The summed E-state index contributed by atoms with van der Waals surface area (Å²) in [4.78, 5) is 8.94. The number of ether oxygens (including phenoxy) is 1. The monoisotopic (exact) mass is 440 g/mol. The van der Waals surface area contributed by atoms with Crippen molar-refractivity contribution in [3.05, 3.63) is 76.4 Å². The van der Waals surface area contributed by atoms with Gasteiger partial charge in [0.1, 0.15) is 11.9 Å². The summed E-state index contributed by atoms with van der Waals surface area (Å²) in [5.41, 5.74) is 3.27. The van der Waals surface area contributed by atoms with Gasteiger partial charge >= 0.3 is 0 Å². The van der Waals surface area contributed by atoms with Gasteiger partial charge in [0.05, 0.1) is 25.2 Å². The van der Waals surface area contributed by atoms with Gasteiger partial charge in [-0.15, -0.1) is 0 Å². The summed E-state index contributed by atoms with van der Waals surface area (Å²) in [7, 11) is 0. The quantitative estimate of drug-likeness (QED) is 0.458. The Morgan fingerprint density at radius 1 is 1.14 bits per heavy atom. The van der Waals surface area contributed by atoms with Crippen LogP contribution in [0.15, 0.2) is 63.9 Å². The van der Waals surface area contributed by atoms with E-state index in [2.05, 4.69) is 31.1 Å². The van der Waals surface area contributed by atoms with Gasteiger partial charge in [-0.2, -0.15) is 4.98 Å². The van der Waals surface area contributed by atoms with Crippen LogP contribution in [0.25, 0.3) is 23.0 Å². The summed E-state index contributed by atoms with van der Waals surface area (Å²) in [6.07, 6.45) is 1.59. The Bertz CT molecular complexity index is 1140. The lowest BCUT2D eigenvalue weighted by Gasteiger charge is -2.25. The van der Waals surface area contributed by atoms with Crippen LogP contribution in [0.3, 0.4) is 0 Å². The van der Waals surface area contributed by atoms with E-state index in [0.29, 0.717) is 30.6 Å². The molecule has 140 valence electrons. The van der Waals surface area contributed by atoms with E-state index < -0.39 is 0 Å². The van der Waals surface area contributed by atoms with Crippen LogP contribution in [-0.2, 0) is 17.9 Å². The third kappa shape index (κ3) is 3.14. The number of rotatable bonds is 3. The molecule has 3 heterocycles. The van der Waals surface area contributed by atoms with Crippen molar-refractivity contribution in [3.8, 4) is 23.0 Å². The number of nitrogens with zero attached hydrogens (tertiary/aromatic N) is 4. The van der Waals surface area contributed by atoms with Crippen LogP contribution in [0.4, 0.5) is 4.39 Å². The Labute approximate surface area is 168 Å². The Morgan fingerprint density at radius 3 is 2.82 bits per heavy atom. The molecule has 0 saturated heterocycles. The second-order valence-corrected chi connectivity index (χ2v) is 7.39. The van der Waals surface area contributed by atoms with Crippen LogP contribution in [0.1, 0.15) is 17.4 Å². The topological polar surface area (TPSA) is 66.0 Å². The first-order chi connectivity index (χ1) is 13.7. The highest BCUT2D eigenvalue weighted by molar-refractivity contribution is 9.10. The van der Waals surface area contributed by atoms with Gasteiger partial charge in [0.15, 0.2) is 5.69 Å². The highest BCUT2D eigenvalue weighted by Crippen LogP contribution is 2.32. The number of benzene rings is 2. The molecule has 2 aromatic heterocycles. The van der Waals surface area contributed by atoms with E-state index >= 15 is 0 Å². The number of aromatic nitrogens is 4. The molecule has 0 radical (unpaired) electrons. The van der Waals surface area contributed by atoms with E-state index in [9.17, 15) is 4.39 Å². The molecule has 28 heavy (non-hydrogen) atoms. The molecule has 1 aliphatic rings. The lowest BCUT2D eigenvalue weighted by atomic mass is 10.1. The fraction of sp³-hybridized carbons (Fsp3) is 0.150. The van der Waals surface area contributed by atoms with Crippen molar-refractivity contribution in [3.63, 3.8) is 0 Å². The Kier molecular flexibility index (Phi) is 4.29. The molecule has 4 aromatic rings. The second-order valence-electron chi connectivity index (χ2n) is 6.48. The van der Waals surface area contributed by atoms with Crippen molar-refractivity contribution in [1.82, 2.24) is 19.7 Å². The minimum Gasteiger partial charge on any atom is -0.365 e. The molecule has 0 spiro atoms. The molecule has 5 rings (SSSR count). The van der Waals surface area contributed by atoms with Gasteiger partial charge in [-0.25, -0.2) is 9.37 Å². The Morgan fingerprint density at radius 2 is 2.00 bits per heavy atom. The number of hydrogen-bond acceptors (Lipinski definition) is 5. The molecule has 6 nitrogen and oxygen atoms in total. The zero-order valence-corrected chi connectivity index (χ0v) is 16.1. The Balaban J connectivity index is 1.42. The molecule has 1 aliphatic heterocycles. The van der Waals surface area contributed by atoms with Crippen molar-refractivity contribution in [2.45, 2.75) is 19.3 Å². The molecule has 0 fully saturated rings. The largest absolute Gasteiger partial charge is 0.365 e. The highest BCUT2D eigenvalue weighted by atomic mass is 79.9. The average Bonchev–Trinajstić information content (AvgIpc) is 3.35. The predicted molar refractivity (Wildman–Crippen MR) is 103 cm³/mol. The summed E-state index contributed by atoms with van der Waals surface area (Å²) in [6, 6.07) is 14.1. The zero-order chi connectivity index (χ0) is 19.1. The standard InChI is InChI=1S/C20H14BrFN4O2/c21-14-3-1-2-13(8-14)19-24-20(28-25-19)18-16-10-27-17(9-26(16)11-23-18)12-4-6-15(22)7-5-12/h1-8,11,17H,9-10H2/t17-/m1/s1. The molecule has 0 aliphatic carbocycles. The van der Waals surface area contributed by atoms with Crippen LogP contribution in [0.5, 0.6) is 0 Å². The third-order valence-electron chi connectivity index (χ3n) is 4.68. The molecule has 0 bridgehead atoms. The average molecular weight is 441 g/mol. The molecule has 0 amide bonds. The van der Waals surface area contributed by atoms with Crippen molar-refractivity contribution < 1.29 is 13.7 Å². The van der Waals surface area contributed by atoms with Crippen molar-refractivity contribution >= 4 is 15.9 Å². The van der Waals surface area contributed by atoms with E-state index in [1.807, 2.05) is 28.8 Å². The van der Waals surface area contributed by atoms with Gasteiger partial charge in [0, 0.05) is 10.0 Å². The summed E-state index contributed by atoms with van der Waals surface area (Å²) in [5, 5.41) is 4.07. The van der Waals surface area contributed by atoms with Crippen LogP contribution in [-0.4, -0.2) is 19.7 Å². The van der Waals surface area contributed by atoms with Crippen molar-refractivity contribution in [2.75, 3.05) is 0 Å². The third-order valence-corrected chi connectivity index (χ3v) is 5.18. The van der Waals surface area contributed by atoms with Gasteiger partial charge in [-0.1, -0.05) is 45.4 Å². The number of hydrogen-bond donors (Lipinski definition) is 0. The van der Waals surface area contributed by atoms with Crippen LogP contribution < -0.4 is 0 Å². The van der Waals surface area contributed by atoms with E-state index in [1.54, 1.807) is 18.5 Å². The van der Waals surface area contributed by atoms with E-state index in [4.69, 9.17) is 9.26 Å². The van der Waals surface area contributed by atoms with Crippen LogP contribution in [0, 0.1) is 5.82 Å². The molecule has 1 atom stereocenters. The first kappa shape index (κ1) is 17.3. The number of halogens is 2. The summed E-state index contributed by atoms with van der Waals surface area (Å²) < 4.78 is 27.5. The van der Waals surface area contributed by atoms with Crippen LogP contribution >= 0.6 is 15.9 Å². The second kappa shape index (κ2) is 6.96. The summed E-state index contributed by atoms with van der Waals surface area (Å²) >= 11 is 3.44. The molecular formula is C20H14BrFN4O2. The van der Waals surface area contributed by atoms with Gasteiger partial charge in [-0.3, -0.25) is 0 Å². The van der Waals surface area contributed by atoms with Crippen LogP contribution in [0.2, 0.25) is 0 Å². The smallest absolute Gasteiger partial charge is 0.278 e. The normalized spacial score (nSPS) is 16.1. The molecule has 0 N–H and O–H groups in total. The van der Waals surface area contributed by atoms with E-state index in [1.165, 1.54) is 12.1 Å². The molecule has 8 heteroatoms. The fourth-order valence-corrected chi connectivity index (χ4v) is 3.65. The van der Waals surface area contributed by atoms with E-state index in [0.717, 1.165) is 21.3 Å². The van der Waals surface area contributed by atoms with Gasteiger partial charge in [0.25, 0.3) is 5.89 Å². The number of fused-ring (bicyclic) bond motifs is 1. The van der Waals surface area contributed by atoms with Gasteiger partial charge in [-0.05, 0) is 29.8 Å². The fourth-order valence-electron chi connectivity index (χ4n) is 3.25. The maximum Gasteiger partial charge on any atom is 0.278 e. The van der Waals surface area contributed by atoms with Gasteiger partial charge in [0.2, 0.25) is 5.82 Å². The highest BCUT2D eigenvalue weighted by Gasteiger charge is 2.26. The summed E-state index contributed by atoms with van der Waals surface area (Å²) in [6.45, 7) is 0.937. The van der Waals surface area contributed by atoms with Crippen molar-refractivity contribution in [1.29, 1.82) is 0 Å². The minimum atomic E-state index is -0.261. The first-order valence-electron chi connectivity index (χ1n) is 8.68. The van der Waals surface area contributed by atoms with E-state index in [-0.39, 0.29) is 11.9 Å². The molecule has 0 saturated carbocycles. The maximum atomic E-state index is 13.1.